The number of aromatic amines is 1. The average molecular weight is 423 g/mol. The highest BCUT2D eigenvalue weighted by Gasteiger charge is 2.04. The molecule has 0 unspecified atom stereocenters. The molecule has 32 heavy (non-hydrogen) atoms. The van der Waals surface area contributed by atoms with Crippen molar-refractivity contribution in [3.05, 3.63) is 108 Å². The van der Waals surface area contributed by atoms with Gasteiger partial charge in [0.1, 0.15) is 24.7 Å². The van der Waals surface area contributed by atoms with E-state index in [9.17, 15) is 0 Å². The smallest absolute Gasteiger partial charge is 0.178 e. The number of hydrogen-bond acceptors (Lipinski definition) is 6. The van der Waals surface area contributed by atoms with Crippen molar-refractivity contribution >= 4 is 10.9 Å². The Balaban J connectivity index is 1.15. The van der Waals surface area contributed by atoms with Gasteiger partial charge >= 0.3 is 0 Å². The van der Waals surface area contributed by atoms with Crippen molar-refractivity contribution in [2.75, 3.05) is 0 Å². The van der Waals surface area contributed by atoms with Crippen LogP contribution in [0.4, 0.5) is 0 Å². The van der Waals surface area contributed by atoms with Crippen molar-refractivity contribution in [2.24, 2.45) is 0 Å². The lowest BCUT2D eigenvalue weighted by molar-refractivity contribution is 0.298. The number of para-hydroxylation sites is 1. The van der Waals surface area contributed by atoms with Crippen LogP contribution in [0.3, 0.4) is 0 Å². The molecular formula is C25H21N5O2. The highest BCUT2D eigenvalue weighted by molar-refractivity contribution is 5.78. The van der Waals surface area contributed by atoms with Crippen molar-refractivity contribution in [3.63, 3.8) is 0 Å². The van der Waals surface area contributed by atoms with Gasteiger partial charge in [-0.2, -0.15) is 5.21 Å². The van der Waals surface area contributed by atoms with E-state index in [0.717, 1.165) is 39.2 Å². The van der Waals surface area contributed by atoms with Gasteiger partial charge in [0, 0.05) is 11.8 Å². The fraction of sp³-hybridized carbons (Fsp3) is 0.120. The number of ether oxygens (including phenoxy) is 2. The second-order valence-electron chi connectivity index (χ2n) is 7.37. The van der Waals surface area contributed by atoms with E-state index in [1.807, 2.05) is 72.8 Å². The number of hydrogen-bond donors (Lipinski definition) is 1. The van der Waals surface area contributed by atoms with E-state index in [0.29, 0.717) is 25.5 Å². The van der Waals surface area contributed by atoms with Crippen LogP contribution in [0, 0.1) is 0 Å². The van der Waals surface area contributed by atoms with Gasteiger partial charge in [-0.1, -0.05) is 53.7 Å². The van der Waals surface area contributed by atoms with Gasteiger partial charge in [-0.15, -0.1) is 10.2 Å². The third kappa shape index (κ3) is 4.89. The maximum Gasteiger partial charge on any atom is 0.178 e. The van der Waals surface area contributed by atoms with E-state index in [-0.39, 0.29) is 0 Å². The Morgan fingerprint density at radius 2 is 1.59 bits per heavy atom. The van der Waals surface area contributed by atoms with E-state index in [1.54, 1.807) is 0 Å². The number of tetrazole rings is 1. The molecular weight excluding hydrogens is 402 g/mol. The molecule has 0 atom stereocenters. The third-order valence-corrected chi connectivity index (χ3v) is 5.02. The lowest BCUT2D eigenvalue weighted by Gasteiger charge is -2.10. The van der Waals surface area contributed by atoms with Crippen molar-refractivity contribution in [1.29, 1.82) is 0 Å². The summed E-state index contributed by atoms with van der Waals surface area (Å²) in [6, 6.07) is 27.9. The van der Waals surface area contributed by atoms with Crippen LogP contribution in [-0.2, 0) is 19.6 Å². The fourth-order valence-corrected chi connectivity index (χ4v) is 3.38. The normalized spacial score (nSPS) is 10.9. The topological polar surface area (TPSA) is 85.8 Å². The summed E-state index contributed by atoms with van der Waals surface area (Å²) in [6.45, 7) is 0.895. The number of pyridine rings is 1. The molecule has 0 radical (unpaired) electrons. The van der Waals surface area contributed by atoms with Crippen molar-refractivity contribution < 1.29 is 9.47 Å². The molecule has 7 nitrogen and oxygen atoms in total. The largest absolute Gasteiger partial charge is 0.489 e. The Hall–Kier alpha value is -4.26. The number of fused-ring (bicyclic) bond motifs is 1. The molecule has 2 aromatic heterocycles. The molecule has 0 saturated carbocycles. The summed E-state index contributed by atoms with van der Waals surface area (Å²) in [5.41, 5.74) is 4.00. The number of benzene rings is 3. The van der Waals surface area contributed by atoms with Gasteiger partial charge in [0.15, 0.2) is 5.82 Å². The first-order valence-corrected chi connectivity index (χ1v) is 10.3. The van der Waals surface area contributed by atoms with Crippen LogP contribution in [0.15, 0.2) is 84.9 Å². The first kappa shape index (κ1) is 19.7. The zero-order valence-electron chi connectivity index (χ0n) is 17.3. The van der Waals surface area contributed by atoms with E-state index < -0.39 is 0 Å². The Labute approximate surface area is 185 Å². The molecule has 0 saturated heterocycles. The maximum absolute atomic E-state index is 5.95. The quantitative estimate of drug-likeness (QED) is 0.396. The predicted octanol–water partition coefficient (Wildman–Crippen LogP) is 4.50. The van der Waals surface area contributed by atoms with Gasteiger partial charge in [0.2, 0.25) is 0 Å². The zero-order chi connectivity index (χ0) is 21.6. The average Bonchev–Trinajstić information content (AvgIpc) is 3.35. The number of rotatable bonds is 8. The molecule has 158 valence electrons. The highest BCUT2D eigenvalue weighted by Crippen LogP contribution is 2.19. The molecule has 0 amide bonds. The summed E-state index contributed by atoms with van der Waals surface area (Å²) >= 11 is 0. The summed E-state index contributed by atoms with van der Waals surface area (Å²) in [5, 5.41) is 15.2. The standard InChI is InChI=1S/C25H21N5O2/c1-2-7-24-20(5-1)10-11-21(26-24)17-32-22-12-8-18(9-13-22)16-31-23-6-3-4-19(14-23)15-25-27-29-30-28-25/h1-14H,15-17H2,(H,27,28,29,30). The number of aromatic nitrogens is 5. The Morgan fingerprint density at radius 3 is 2.47 bits per heavy atom. The summed E-state index contributed by atoms with van der Waals surface area (Å²) < 4.78 is 11.8. The lowest BCUT2D eigenvalue weighted by Crippen LogP contribution is -1.99. The van der Waals surface area contributed by atoms with Crippen molar-refractivity contribution in [2.45, 2.75) is 19.6 Å². The van der Waals surface area contributed by atoms with Gasteiger partial charge in [-0.3, -0.25) is 0 Å². The van der Waals surface area contributed by atoms with Gasteiger partial charge in [-0.05, 0) is 47.5 Å². The van der Waals surface area contributed by atoms with Crippen LogP contribution in [-0.4, -0.2) is 25.6 Å². The lowest BCUT2D eigenvalue weighted by atomic mass is 10.1. The minimum absolute atomic E-state index is 0.424. The fourth-order valence-electron chi connectivity index (χ4n) is 3.38. The molecule has 0 bridgehead atoms. The Bertz CT molecular complexity index is 1300. The first-order chi connectivity index (χ1) is 15.8. The third-order valence-electron chi connectivity index (χ3n) is 5.02. The SMILES string of the molecule is c1cc(Cc2nn[nH]n2)cc(OCc2ccc(OCc3ccc4ccccc4n3)cc2)c1. The molecule has 1 N–H and O–H groups in total. The minimum atomic E-state index is 0.424. The second-order valence-corrected chi connectivity index (χ2v) is 7.37. The highest BCUT2D eigenvalue weighted by atomic mass is 16.5. The summed E-state index contributed by atoms with van der Waals surface area (Å²) in [7, 11) is 0. The van der Waals surface area contributed by atoms with E-state index in [2.05, 4.69) is 37.7 Å². The Morgan fingerprint density at radius 1 is 0.719 bits per heavy atom. The molecule has 0 aliphatic rings. The van der Waals surface area contributed by atoms with E-state index in [1.165, 1.54) is 0 Å². The maximum atomic E-state index is 5.95. The summed E-state index contributed by atoms with van der Waals surface area (Å²) in [6.07, 6.45) is 0.603. The molecule has 2 heterocycles. The molecule has 0 aliphatic heterocycles. The van der Waals surface area contributed by atoms with Crippen LogP contribution >= 0.6 is 0 Å². The molecule has 3 aromatic carbocycles. The summed E-state index contributed by atoms with van der Waals surface area (Å²) in [4.78, 5) is 4.64. The molecule has 5 rings (SSSR count). The minimum Gasteiger partial charge on any atom is -0.489 e. The number of nitrogens with zero attached hydrogens (tertiary/aromatic N) is 4. The number of H-pyrrole nitrogens is 1. The van der Waals surface area contributed by atoms with Crippen LogP contribution in [0.1, 0.15) is 22.6 Å². The molecule has 0 fully saturated rings. The summed E-state index contributed by atoms with van der Waals surface area (Å²) in [5.74, 6) is 2.25. The zero-order valence-corrected chi connectivity index (χ0v) is 17.3. The van der Waals surface area contributed by atoms with Crippen molar-refractivity contribution in [1.82, 2.24) is 25.6 Å². The second kappa shape index (κ2) is 9.26. The molecule has 0 spiro atoms. The van der Waals surface area contributed by atoms with E-state index in [4.69, 9.17) is 9.47 Å². The molecule has 7 heteroatoms. The predicted molar refractivity (Wildman–Crippen MR) is 120 cm³/mol. The van der Waals surface area contributed by atoms with Crippen molar-refractivity contribution in [3.8, 4) is 11.5 Å². The van der Waals surface area contributed by atoms with Gasteiger partial charge in [0.05, 0.1) is 11.2 Å². The van der Waals surface area contributed by atoms with Crippen LogP contribution in [0.2, 0.25) is 0 Å². The van der Waals surface area contributed by atoms with Crippen LogP contribution in [0.25, 0.3) is 10.9 Å². The van der Waals surface area contributed by atoms with Crippen LogP contribution in [0.5, 0.6) is 11.5 Å². The van der Waals surface area contributed by atoms with E-state index >= 15 is 0 Å². The Kier molecular flexibility index (Phi) is 5.70. The van der Waals surface area contributed by atoms with Gasteiger partial charge in [-0.25, -0.2) is 4.98 Å². The monoisotopic (exact) mass is 423 g/mol. The van der Waals surface area contributed by atoms with Crippen LogP contribution < -0.4 is 9.47 Å². The number of nitrogens with one attached hydrogen (secondary N) is 1. The molecule has 5 aromatic rings. The van der Waals surface area contributed by atoms with Gasteiger partial charge in [0.25, 0.3) is 0 Å². The first-order valence-electron chi connectivity index (χ1n) is 10.3. The molecule has 0 aliphatic carbocycles. The van der Waals surface area contributed by atoms with Gasteiger partial charge < -0.3 is 9.47 Å².